The Kier molecular flexibility index (Phi) is 4.09. The summed E-state index contributed by atoms with van der Waals surface area (Å²) in [4.78, 5) is 4.25. The number of aromatic nitrogens is 1. The summed E-state index contributed by atoms with van der Waals surface area (Å²) in [6.45, 7) is 2.00. The molecule has 0 fully saturated rings. The van der Waals surface area contributed by atoms with Gasteiger partial charge in [0.05, 0.1) is 11.7 Å². The first-order valence-electron chi connectivity index (χ1n) is 5.68. The SMILES string of the molecule is Cc1ccnc(C(N)Cc2cc(F)ccc2Br)c1. The Balaban J connectivity index is 2.21. The molecule has 1 heterocycles. The van der Waals surface area contributed by atoms with Crippen molar-refractivity contribution >= 4 is 15.9 Å². The molecule has 2 nitrogen and oxygen atoms in total. The Morgan fingerprint density at radius 3 is 2.83 bits per heavy atom. The molecule has 1 aromatic carbocycles. The molecule has 0 amide bonds. The third-order valence-corrected chi connectivity index (χ3v) is 3.54. The summed E-state index contributed by atoms with van der Waals surface area (Å²) in [7, 11) is 0. The molecule has 94 valence electrons. The Hall–Kier alpha value is -1.26. The lowest BCUT2D eigenvalue weighted by atomic mass is 10.0. The van der Waals surface area contributed by atoms with Crippen LogP contribution in [0.4, 0.5) is 4.39 Å². The smallest absolute Gasteiger partial charge is 0.123 e. The molecule has 1 aromatic heterocycles. The van der Waals surface area contributed by atoms with E-state index < -0.39 is 0 Å². The van der Waals surface area contributed by atoms with Crippen LogP contribution in [0.5, 0.6) is 0 Å². The van der Waals surface area contributed by atoms with Crippen molar-refractivity contribution in [3.63, 3.8) is 0 Å². The second kappa shape index (κ2) is 5.59. The van der Waals surface area contributed by atoms with Gasteiger partial charge in [-0.3, -0.25) is 4.98 Å². The molecule has 0 saturated carbocycles. The number of rotatable bonds is 3. The van der Waals surface area contributed by atoms with Crippen molar-refractivity contribution in [1.82, 2.24) is 4.98 Å². The van der Waals surface area contributed by atoms with E-state index in [4.69, 9.17) is 5.73 Å². The molecule has 18 heavy (non-hydrogen) atoms. The fraction of sp³-hybridized carbons (Fsp3) is 0.214. The van der Waals surface area contributed by atoms with E-state index in [0.29, 0.717) is 6.42 Å². The van der Waals surface area contributed by atoms with Crippen molar-refractivity contribution in [2.24, 2.45) is 5.73 Å². The zero-order valence-electron chi connectivity index (χ0n) is 10.0. The first-order chi connectivity index (χ1) is 8.56. The maximum absolute atomic E-state index is 13.2. The van der Waals surface area contributed by atoms with E-state index in [1.807, 2.05) is 19.1 Å². The number of aryl methyl sites for hydroxylation is 1. The molecule has 0 saturated heterocycles. The van der Waals surface area contributed by atoms with Crippen LogP contribution in [-0.2, 0) is 6.42 Å². The highest BCUT2D eigenvalue weighted by Gasteiger charge is 2.11. The van der Waals surface area contributed by atoms with Crippen molar-refractivity contribution in [3.05, 3.63) is 63.6 Å². The van der Waals surface area contributed by atoms with E-state index in [1.165, 1.54) is 12.1 Å². The van der Waals surface area contributed by atoms with Gasteiger partial charge in [-0.1, -0.05) is 15.9 Å². The average molecular weight is 309 g/mol. The minimum Gasteiger partial charge on any atom is -0.322 e. The van der Waals surface area contributed by atoms with Gasteiger partial charge in [-0.25, -0.2) is 4.39 Å². The van der Waals surface area contributed by atoms with Crippen LogP contribution >= 0.6 is 15.9 Å². The summed E-state index contributed by atoms with van der Waals surface area (Å²) < 4.78 is 14.1. The lowest BCUT2D eigenvalue weighted by molar-refractivity contribution is 0.620. The molecule has 1 atom stereocenters. The molecule has 0 radical (unpaired) electrons. The van der Waals surface area contributed by atoms with Gasteiger partial charge in [0.25, 0.3) is 0 Å². The van der Waals surface area contributed by atoms with E-state index in [1.54, 1.807) is 12.3 Å². The van der Waals surface area contributed by atoms with Gasteiger partial charge in [-0.15, -0.1) is 0 Å². The fourth-order valence-electron chi connectivity index (χ4n) is 1.80. The standard InChI is InChI=1S/C14H14BrFN2/c1-9-4-5-18-14(6-9)13(17)8-10-7-11(16)2-3-12(10)15/h2-7,13H,8,17H2,1H3. The molecular weight excluding hydrogens is 295 g/mol. The molecule has 2 N–H and O–H groups in total. The third-order valence-electron chi connectivity index (χ3n) is 2.76. The highest BCUT2D eigenvalue weighted by Crippen LogP contribution is 2.23. The van der Waals surface area contributed by atoms with E-state index in [0.717, 1.165) is 21.3 Å². The lowest BCUT2D eigenvalue weighted by Crippen LogP contribution is -2.15. The van der Waals surface area contributed by atoms with Gasteiger partial charge in [-0.2, -0.15) is 0 Å². The van der Waals surface area contributed by atoms with Gasteiger partial charge in [0.1, 0.15) is 5.82 Å². The molecule has 0 aliphatic carbocycles. The molecule has 2 rings (SSSR count). The number of benzene rings is 1. The first kappa shape index (κ1) is 13.2. The number of nitrogens with zero attached hydrogens (tertiary/aromatic N) is 1. The molecule has 0 bridgehead atoms. The summed E-state index contributed by atoms with van der Waals surface area (Å²) in [6, 6.07) is 8.26. The van der Waals surface area contributed by atoms with Gasteiger partial charge in [0.2, 0.25) is 0 Å². The average Bonchev–Trinajstić information content (AvgIpc) is 2.34. The summed E-state index contributed by atoms with van der Waals surface area (Å²) in [6.07, 6.45) is 2.29. The van der Waals surface area contributed by atoms with E-state index in [2.05, 4.69) is 20.9 Å². The van der Waals surface area contributed by atoms with Gasteiger partial charge in [0, 0.05) is 10.7 Å². The van der Waals surface area contributed by atoms with Gasteiger partial charge >= 0.3 is 0 Å². The van der Waals surface area contributed by atoms with Gasteiger partial charge < -0.3 is 5.73 Å². The first-order valence-corrected chi connectivity index (χ1v) is 6.47. The van der Waals surface area contributed by atoms with Gasteiger partial charge in [-0.05, 0) is 54.8 Å². The van der Waals surface area contributed by atoms with Crippen molar-refractivity contribution in [1.29, 1.82) is 0 Å². The van der Waals surface area contributed by atoms with Crippen LogP contribution in [0.3, 0.4) is 0 Å². The fourth-order valence-corrected chi connectivity index (χ4v) is 2.21. The maximum atomic E-state index is 13.2. The van der Waals surface area contributed by atoms with Crippen molar-refractivity contribution in [3.8, 4) is 0 Å². The van der Waals surface area contributed by atoms with Crippen molar-refractivity contribution in [2.45, 2.75) is 19.4 Å². The molecule has 0 spiro atoms. The van der Waals surface area contributed by atoms with E-state index in [-0.39, 0.29) is 11.9 Å². The number of hydrogen-bond donors (Lipinski definition) is 1. The zero-order valence-corrected chi connectivity index (χ0v) is 11.6. The Labute approximate surface area is 114 Å². The van der Waals surface area contributed by atoms with Crippen LogP contribution in [-0.4, -0.2) is 4.98 Å². The van der Waals surface area contributed by atoms with Crippen molar-refractivity contribution in [2.75, 3.05) is 0 Å². The summed E-state index contributed by atoms with van der Waals surface area (Å²) in [5.41, 5.74) is 8.91. The van der Waals surface area contributed by atoms with Crippen LogP contribution in [0, 0.1) is 12.7 Å². The monoisotopic (exact) mass is 308 g/mol. The highest BCUT2D eigenvalue weighted by atomic mass is 79.9. The number of nitrogens with two attached hydrogens (primary N) is 1. The summed E-state index contributed by atoms with van der Waals surface area (Å²) in [5.74, 6) is -0.252. The van der Waals surface area contributed by atoms with Crippen LogP contribution in [0.25, 0.3) is 0 Å². The molecule has 2 aromatic rings. The zero-order chi connectivity index (χ0) is 13.1. The molecule has 1 unspecified atom stereocenters. The van der Waals surface area contributed by atoms with E-state index in [9.17, 15) is 4.39 Å². The predicted molar refractivity (Wildman–Crippen MR) is 73.7 cm³/mol. The van der Waals surface area contributed by atoms with Crippen LogP contribution in [0.1, 0.15) is 22.9 Å². The van der Waals surface area contributed by atoms with Crippen molar-refractivity contribution < 1.29 is 4.39 Å². The van der Waals surface area contributed by atoms with Crippen LogP contribution in [0.2, 0.25) is 0 Å². The Bertz CT molecular complexity index is 557. The second-order valence-electron chi connectivity index (χ2n) is 4.30. The minimum atomic E-state index is -0.252. The normalized spacial score (nSPS) is 12.4. The number of hydrogen-bond acceptors (Lipinski definition) is 2. The predicted octanol–water partition coefficient (Wildman–Crippen LogP) is 3.53. The maximum Gasteiger partial charge on any atom is 0.123 e. The Morgan fingerprint density at radius 1 is 1.33 bits per heavy atom. The van der Waals surface area contributed by atoms with Crippen LogP contribution in [0.15, 0.2) is 41.0 Å². The van der Waals surface area contributed by atoms with Crippen LogP contribution < -0.4 is 5.73 Å². The lowest BCUT2D eigenvalue weighted by Gasteiger charge is -2.13. The second-order valence-corrected chi connectivity index (χ2v) is 5.16. The van der Waals surface area contributed by atoms with E-state index >= 15 is 0 Å². The quantitative estimate of drug-likeness (QED) is 0.942. The third kappa shape index (κ3) is 3.15. The number of pyridine rings is 1. The Morgan fingerprint density at radius 2 is 2.11 bits per heavy atom. The van der Waals surface area contributed by atoms with Gasteiger partial charge in [0.15, 0.2) is 0 Å². The highest BCUT2D eigenvalue weighted by molar-refractivity contribution is 9.10. The molecule has 0 aliphatic heterocycles. The summed E-state index contributed by atoms with van der Waals surface area (Å²) >= 11 is 3.40. The largest absolute Gasteiger partial charge is 0.322 e. The molecular formula is C14H14BrFN2. The summed E-state index contributed by atoms with van der Waals surface area (Å²) in [5, 5.41) is 0. The topological polar surface area (TPSA) is 38.9 Å². The minimum absolute atomic E-state index is 0.233. The number of halogens is 2. The molecule has 0 aliphatic rings. The molecule has 4 heteroatoms.